The highest BCUT2D eigenvalue weighted by molar-refractivity contribution is 5.99. The third-order valence-electron chi connectivity index (χ3n) is 13.1. The van der Waals surface area contributed by atoms with Gasteiger partial charge in [-0.05, 0) is 82.5 Å². The van der Waals surface area contributed by atoms with Crippen molar-refractivity contribution in [1.82, 2.24) is 15.0 Å². The Morgan fingerprint density at radius 1 is 0.429 bits per heavy atom. The molecule has 1 aromatic heterocycles. The Balaban J connectivity index is 1.19. The molecule has 1 aliphatic carbocycles. The van der Waals surface area contributed by atoms with E-state index < -0.39 is 0 Å². The largest absolute Gasteiger partial charge is 0.336 e. The molecule has 0 fully saturated rings. The average molecular weight is 811 g/mol. The van der Waals surface area contributed by atoms with E-state index in [1.807, 2.05) is 36.4 Å². The van der Waals surface area contributed by atoms with Crippen LogP contribution in [-0.2, 0) is 5.41 Å². The predicted molar refractivity (Wildman–Crippen MR) is 260 cm³/mol. The first-order valence-corrected chi connectivity index (χ1v) is 22.0. The van der Waals surface area contributed by atoms with Gasteiger partial charge in [-0.1, -0.05) is 201 Å². The molecule has 1 aliphatic heterocycles. The standard InChI is InChI=1S/C59H46N4/c1-40-35-54-59(2,39-51(40)44-27-15-6-16-28-44)52-38-47(41-21-9-3-10-22-41)33-34-53(52)63(54)55-49(42-23-11-4-12-24-42)36-48(37-50(55)43-25-13-5-14-26-43)58-61-56(45-29-17-7-18-30-45)60-57(62-58)46-31-19-8-20-32-46/h3-34,36-40,54H,35H2,1-2H3. The van der Waals surface area contributed by atoms with Crippen LogP contribution in [-0.4, -0.2) is 21.0 Å². The number of nitrogens with zero attached hydrogens (tertiary/aromatic N) is 4. The predicted octanol–water partition coefficient (Wildman–Crippen LogP) is 14.8. The molecule has 2 aliphatic rings. The number of hydrogen-bond donors (Lipinski definition) is 0. The summed E-state index contributed by atoms with van der Waals surface area (Å²) in [5.74, 6) is 2.24. The van der Waals surface area contributed by atoms with Gasteiger partial charge in [0.25, 0.3) is 0 Å². The van der Waals surface area contributed by atoms with E-state index in [-0.39, 0.29) is 11.5 Å². The summed E-state index contributed by atoms with van der Waals surface area (Å²) >= 11 is 0. The van der Waals surface area contributed by atoms with Gasteiger partial charge in [0.15, 0.2) is 17.5 Å². The van der Waals surface area contributed by atoms with Crippen LogP contribution >= 0.6 is 0 Å². The van der Waals surface area contributed by atoms with Gasteiger partial charge in [0.1, 0.15) is 0 Å². The van der Waals surface area contributed by atoms with Crippen LogP contribution in [0.4, 0.5) is 11.4 Å². The summed E-state index contributed by atoms with van der Waals surface area (Å²) in [7, 11) is 0. The van der Waals surface area contributed by atoms with E-state index in [0.29, 0.717) is 23.4 Å². The SMILES string of the molecule is CC1CC2N(c3c(-c4ccccc4)cc(-c4nc(-c5ccccc5)nc(-c5ccccc5)n4)cc3-c3ccccc3)c3ccc(-c4ccccc4)cc3C2(C)C=C1c1ccccc1. The molecule has 302 valence electrons. The van der Waals surface area contributed by atoms with Gasteiger partial charge in [0.05, 0.1) is 5.69 Å². The van der Waals surface area contributed by atoms with Gasteiger partial charge in [0, 0.05) is 45.0 Å². The molecule has 0 amide bonds. The molecule has 3 atom stereocenters. The van der Waals surface area contributed by atoms with Crippen LogP contribution in [0.2, 0.25) is 0 Å². The van der Waals surface area contributed by atoms with Crippen LogP contribution in [0.3, 0.4) is 0 Å². The lowest BCUT2D eigenvalue weighted by Crippen LogP contribution is -2.44. The van der Waals surface area contributed by atoms with Crippen molar-refractivity contribution in [2.75, 3.05) is 4.90 Å². The number of fused-ring (bicyclic) bond motifs is 3. The highest BCUT2D eigenvalue weighted by Gasteiger charge is 2.51. The Kier molecular flexibility index (Phi) is 9.70. The summed E-state index contributed by atoms with van der Waals surface area (Å²) in [4.78, 5) is 18.2. The fourth-order valence-corrected chi connectivity index (χ4v) is 9.97. The monoisotopic (exact) mass is 810 g/mol. The van der Waals surface area contributed by atoms with E-state index in [2.05, 4.69) is 201 Å². The lowest BCUT2D eigenvalue weighted by molar-refractivity contribution is 0.403. The van der Waals surface area contributed by atoms with Crippen molar-refractivity contribution in [3.05, 3.63) is 230 Å². The average Bonchev–Trinajstić information content (AvgIpc) is 3.61. The minimum atomic E-state index is -0.304. The highest BCUT2D eigenvalue weighted by atomic mass is 15.2. The fraction of sp³-hybridized carbons (Fsp3) is 0.102. The zero-order chi connectivity index (χ0) is 42.3. The maximum Gasteiger partial charge on any atom is 0.164 e. The van der Waals surface area contributed by atoms with Crippen LogP contribution in [0.15, 0.2) is 218 Å². The summed E-state index contributed by atoms with van der Waals surface area (Å²) in [6.45, 7) is 4.88. The summed E-state index contributed by atoms with van der Waals surface area (Å²) in [5, 5.41) is 0. The maximum atomic E-state index is 5.25. The first-order valence-electron chi connectivity index (χ1n) is 22.0. The van der Waals surface area contributed by atoms with E-state index in [1.54, 1.807) is 0 Å². The number of rotatable bonds is 8. The molecule has 4 nitrogen and oxygen atoms in total. The summed E-state index contributed by atoms with van der Waals surface area (Å²) in [5.41, 5.74) is 15.9. The van der Waals surface area contributed by atoms with Gasteiger partial charge < -0.3 is 4.90 Å². The minimum absolute atomic E-state index is 0.128. The van der Waals surface area contributed by atoms with Crippen molar-refractivity contribution in [1.29, 1.82) is 0 Å². The van der Waals surface area contributed by atoms with E-state index >= 15 is 0 Å². The molecule has 0 saturated carbocycles. The zero-order valence-electron chi connectivity index (χ0n) is 35.4. The van der Waals surface area contributed by atoms with Crippen molar-refractivity contribution >= 4 is 16.9 Å². The quantitative estimate of drug-likeness (QED) is 0.153. The van der Waals surface area contributed by atoms with E-state index in [1.165, 1.54) is 39.2 Å². The van der Waals surface area contributed by atoms with Crippen LogP contribution in [0, 0.1) is 5.92 Å². The Morgan fingerprint density at radius 3 is 1.32 bits per heavy atom. The van der Waals surface area contributed by atoms with E-state index in [0.717, 1.165) is 45.4 Å². The minimum Gasteiger partial charge on any atom is -0.336 e. The molecule has 63 heavy (non-hydrogen) atoms. The van der Waals surface area contributed by atoms with E-state index in [9.17, 15) is 0 Å². The molecular weight excluding hydrogens is 765 g/mol. The van der Waals surface area contributed by atoms with Crippen LogP contribution in [0.25, 0.3) is 73.1 Å². The summed E-state index contributed by atoms with van der Waals surface area (Å²) in [6.07, 6.45) is 3.58. The molecular formula is C59H46N4. The van der Waals surface area contributed by atoms with Crippen LogP contribution in [0.5, 0.6) is 0 Å². The molecule has 0 saturated heterocycles. The molecule has 0 bridgehead atoms. The molecule has 0 radical (unpaired) electrons. The van der Waals surface area contributed by atoms with Gasteiger partial charge in [0.2, 0.25) is 0 Å². The third-order valence-corrected chi connectivity index (χ3v) is 13.1. The lowest BCUT2D eigenvalue weighted by Gasteiger charge is -2.43. The van der Waals surface area contributed by atoms with Crippen molar-refractivity contribution in [3.8, 4) is 67.5 Å². The number of benzene rings is 8. The molecule has 8 aromatic carbocycles. The number of aromatic nitrogens is 3. The number of anilines is 2. The molecule has 4 heteroatoms. The second kappa shape index (κ2) is 16.0. The molecule has 9 aromatic rings. The van der Waals surface area contributed by atoms with Gasteiger partial charge in [-0.15, -0.1) is 0 Å². The Hall–Kier alpha value is -7.69. The van der Waals surface area contributed by atoms with Crippen molar-refractivity contribution in [3.63, 3.8) is 0 Å². The van der Waals surface area contributed by atoms with Crippen molar-refractivity contribution < 1.29 is 0 Å². The first-order chi connectivity index (χ1) is 31.0. The molecule has 11 rings (SSSR count). The normalized spacial score (nSPS) is 17.7. The van der Waals surface area contributed by atoms with Gasteiger partial charge in [-0.3, -0.25) is 0 Å². The zero-order valence-corrected chi connectivity index (χ0v) is 35.4. The molecule has 3 unspecified atom stereocenters. The lowest BCUT2D eigenvalue weighted by atomic mass is 9.67. The van der Waals surface area contributed by atoms with Gasteiger partial charge in [-0.2, -0.15) is 0 Å². The maximum absolute atomic E-state index is 5.25. The summed E-state index contributed by atoms with van der Waals surface area (Å²) < 4.78 is 0. The van der Waals surface area contributed by atoms with Gasteiger partial charge in [-0.25, -0.2) is 15.0 Å². The fourth-order valence-electron chi connectivity index (χ4n) is 9.97. The van der Waals surface area contributed by atoms with Crippen LogP contribution in [0.1, 0.15) is 31.4 Å². The Bertz CT molecular complexity index is 2980. The molecule has 2 heterocycles. The number of hydrogen-bond acceptors (Lipinski definition) is 4. The van der Waals surface area contributed by atoms with Gasteiger partial charge >= 0.3 is 0 Å². The first kappa shape index (κ1) is 38.2. The second-order valence-electron chi connectivity index (χ2n) is 17.1. The number of allylic oxidation sites excluding steroid dienone is 1. The molecule has 0 spiro atoms. The summed E-state index contributed by atoms with van der Waals surface area (Å²) in [6, 6.07) is 75.9. The smallest absolute Gasteiger partial charge is 0.164 e. The Morgan fingerprint density at radius 2 is 0.841 bits per heavy atom. The van der Waals surface area contributed by atoms with E-state index in [4.69, 9.17) is 15.0 Å². The van der Waals surface area contributed by atoms with Crippen molar-refractivity contribution in [2.24, 2.45) is 5.92 Å². The second-order valence-corrected chi connectivity index (χ2v) is 17.1. The Labute approximate surface area is 370 Å². The van der Waals surface area contributed by atoms with Crippen LogP contribution < -0.4 is 4.90 Å². The third kappa shape index (κ3) is 6.94. The molecule has 0 N–H and O–H groups in total. The topological polar surface area (TPSA) is 41.9 Å². The highest BCUT2D eigenvalue weighted by Crippen LogP contribution is 2.59. The van der Waals surface area contributed by atoms with Crippen molar-refractivity contribution in [2.45, 2.75) is 31.7 Å².